The lowest BCUT2D eigenvalue weighted by Crippen LogP contribution is -2.23. The summed E-state index contributed by atoms with van der Waals surface area (Å²) in [6, 6.07) is 0. The quantitative estimate of drug-likeness (QED) is 0.538. The van der Waals surface area contributed by atoms with Crippen molar-refractivity contribution in [3.8, 4) is 0 Å². The Kier molecular flexibility index (Phi) is 4.76. The molecule has 0 aromatic rings. The first kappa shape index (κ1) is 12.2. The molecular formula is C13H20O2. The van der Waals surface area contributed by atoms with E-state index in [1.54, 1.807) is 6.08 Å². The topological polar surface area (TPSA) is 37.3 Å². The zero-order valence-electron chi connectivity index (χ0n) is 9.41. The Labute approximate surface area is 91.7 Å². The number of aliphatic hydroxyl groups is 1. The minimum atomic E-state index is -0.904. The molecule has 0 bridgehead atoms. The van der Waals surface area contributed by atoms with Crippen molar-refractivity contribution in [3.63, 3.8) is 0 Å². The van der Waals surface area contributed by atoms with Gasteiger partial charge in [-0.2, -0.15) is 0 Å². The van der Waals surface area contributed by atoms with E-state index in [1.165, 1.54) is 25.3 Å². The van der Waals surface area contributed by atoms with E-state index >= 15 is 0 Å². The van der Waals surface area contributed by atoms with Gasteiger partial charge in [-0.05, 0) is 31.4 Å². The van der Waals surface area contributed by atoms with Gasteiger partial charge in [0.25, 0.3) is 0 Å². The van der Waals surface area contributed by atoms with E-state index in [9.17, 15) is 9.90 Å². The third-order valence-corrected chi connectivity index (χ3v) is 2.67. The van der Waals surface area contributed by atoms with Crippen LogP contribution in [0.1, 0.15) is 45.4 Å². The summed E-state index contributed by atoms with van der Waals surface area (Å²) in [7, 11) is 0. The zero-order valence-corrected chi connectivity index (χ0v) is 9.41. The molecule has 0 fully saturated rings. The van der Waals surface area contributed by atoms with Crippen LogP contribution in [-0.2, 0) is 4.79 Å². The maximum Gasteiger partial charge on any atom is 0.158 e. The molecule has 1 aliphatic rings. The molecule has 0 spiro atoms. The van der Waals surface area contributed by atoms with E-state index in [2.05, 4.69) is 13.0 Å². The number of ketones is 1. The molecular weight excluding hydrogens is 188 g/mol. The third-order valence-electron chi connectivity index (χ3n) is 2.67. The Morgan fingerprint density at radius 2 is 2.27 bits per heavy atom. The van der Waals surface area contributed by atoms with Crippen LogP contribution in [0.5, 0.6) is 0 Å². The maximum absolute atomic E-state index is 11.0. The van der Waals surface area contributed by atoms with Gasteiger partial charge in [0.05, 0.1) is 5.60 Å². The summed E-state index contributed by atoms with van der Waals surface area (Å²) in [6.07, 6.45) is 12.7. The van der Waals surface area contributed by atoms with Crippen molar-refractivity contribution in [3.05, 3.63) is 24.3 Å². The van der Waals surface area contributed by atoms with Crippen LogP contribution in [0.4, 0.5) is 0 Å². The third kappa shape index (κ3) is 4.43. The molecule has 2 heteroatoms. The van der Waals surface area contributed by atoms with Crippen LogP contribution in [-0.4, -0.2) is 16.5 Å². The normalized spacial score (nSPS) is 25.6. The lowest BCUT2D eigenvalue weighted by molar-refractivity contribution is -0.116. The molecule has 1 N–H and O–H groups in total. The van der Waals surface area contributed by atoms with Gasteiger partial charge in [-0.25, -0.2) is 0 Å². The number of carbonyl (C=O) groups excluding carboxylic acids is 1. The van der Waals surface area contributed by atoms with Crippen molar-refractivity contribution < 1.29 is 9.90 Å². The van der Waals surface area contributed by atoms with Gasteiger partial charge >= 0.3 is 0 Å². The van der Waals surface area contributed by atoms with E-state index in [0.717, 1.165) is 6.42 Å². The van der Waals surface area contributed by atoms with E-state index in [1.807, 2.05) is 6.08 Å². The fourth-order valence-electron chi connectivity index (χ4n) is 1.73. The number of rotatable bonds is 6. The Hall–Kier alpha value is -0.890. The van der Waals surface area contributed by atoms with Crippen LogP contribution < -0.4 is 0 Å². The Balaban J connectivity index is 2.19. The molecule has 1 atom stereocenters. The molecule has 0 aromatic heterocycles. The van der Waals surface area contributed by atoms with Crippen LogP contribution >= 0.6 is 0 Å². The highest BCUT2D eigenvalue weighted by Crippen LogP contribution is 2.24. The number of unbranched alkanes of at least 4 members (excludes halogenated alkanes) is 3. The van der Waals surface area contributed by atoms with E-state index in [0.29, 0.717) is 6.42 Å². The summed E-state index contributed by atoms with van der Waals surface area (Å²) in [5.41, 5.74) is -0.904. The Morgan fingerprint density at radius 3 is 2.87 bits per heavy atom. The van der Waals surface area contributed by atoms with Crippen molar-refractivity contribution in [2.45, 2.75) is 51.0 Å². The van der Waals surface area contributed by atoms with Crippen LogP contribution in [0.25, 0.3) is 0 Å². The molecule has 2 nitrogen and oxygen atoms in total. The van der Waals surface area contributed by atoms with Crippen LogP contribution in [0.3, 0.4) is 0 Å². The van der Waals surface area contributed by atoms with E-state index in [4.69, 9.17) is 0 Å². The van der Waals surface area contributed by atoms with Gasteiger partial charge in [-0.1, -0.05) is 31.9 Å². The molecule has 0 aromatic carbocycles. The second-order valence-electron chi connectivity index (χ2n) is 4.25. The fraction of sp³-hybridized carbons (Fsp3) is 0.615. The highest BCUT2D eigenvalue weighted by Gasteiger charge is 2.29. The molecule has 1 unspecified atom stereocenters. The molecule has 15 heavy (non-hydrogen) atoms. The summed E-state index contributed by atoms with van der Waals surface area (Å²) >= 11 is 0. The average molecular weight is 208 g/mol. The molecule has 0 heterocycles. The monoisotopic (exact) mass is 208 g/mol. The maximum atomic E-state index is 11.0. The van der Waals surface area contributed by atoms with Gasteiger partial charge in [0.2, 0.25) is 0 Å². The van der Waals surface area contributed by atoms with Crippen molar-refractivity contribution in [1.29, 1.82) is 0 Å². The molecule has 0 radical (unpaired) electrons. The number of allylic oxidation sites excluding steroid dienone is 2. The SMILES string of the molecule is CCCCC/C=C/CC1(O)C=CC(=O)C1. The minimum Gasteiger partial charge on any atom is -0.385 e. The fourth-order valence-corrected chi connectivity index (χ4v) is 1.73. The predicted molar refractivity (Wildman–Crippen MR) is 61.6 cm³/mol. The van der Waals surface area contributed by atoms with Gasteiger partial charge in [0.15, 0.2) is 5.78 Å². The highest BCUT2D eigenvalue weighted by molar-refractivity contribution is 5.93. The summed E-state index contributed by atoms with van der Waals surface area (Å²) in [6.45, 7) is 2.18. The molecule has 1 rings (SSSR count). The molecule has 0 aliphatic heterocycles. The second-order valence-corrected chi connectivity index (χ2v) is 4.25. The molecule has 84 valence electrons. The highest BCUT2D eigenvalue weighted by atomic mass is 16.3. The first-order valence-corrected chi connectivity index (χ1v) is 5.76. The van der Waals surface area contributed by atoms with Gasteiger partial charge in [0.1, 0.15) is 0 Å². The molecule has 0 saturated heterocycles. The largest absolute Gasteiger partial charge is 0.385 e. The van der Waals surface area contributed by atoms with E-state index in [-0.39, 0.29) is 12.2 Å². The summed E-state index contributed by atoms with van der Waals surface area (Å²) < 4.78 is 0. The van der Waals surface area contributed by atoms with Gasteiger partial charge in [-0.3, -0.25) is 4.79 Å². The second kappa shape index (κ2) is 5.86. The molecule has 0 saturated carbocycles. The van der Waals surface area contributed by atoms with Crippen LogP contribution in [0, 0.1) is 0 Å². The Bertz CT molecular complexity index is 266. The number of carbonyl (C=O) groups is 1. The van der Waals surface area contributed by atoms with Gasteiger partial charge in [-0.15, -0.1) is 0 Å². The van der Waals surface area contributed by atoms with E-state index < -0.39 is 5.60 Å². The van der Waals surface area contributed by atoms with Gasteiger partial charge < -0.3 is 5.11 Å². The van der Waals surface area contributed by atoms with Crippen LogP contribution in [0.15, 0.2) is 24.3 Å². The predicted octanol–water partition coefficient (Wildman–Crippen LogP) is 2.77. The lowest BCUT2D eigenvalue weighted by Gasteiger charge is -2.16. The summed E-state index contributed by atoms with van der Waals surface area (Å²) in [4.78, 5) is 11.0. The lowest BCUT2D eigenvalue weighted by atomic mass is 9.98. The number of hydrogen-bond donors (Lipinski definition) is 1. The van der Waals surface area contributed by atoms with Crippen molar-refractivity contribution in [1.82, 2.24) is 0 Å². The Morgan fingerprint density at radius 1 is 1.47 bits per heavy atom. The summed E-state index contributed by atoms with van der Waals surface area (Å²) in [5, 5.41) is 9.91. The first-order valence-electron chi connectivity index (χ1n) is 5.76. The average Bonchev–Trinajstić information content (AvgIpc) is 2.53. The minimum absolute atomic E-state index is 0.0249. The molecule has 0 amide bonds. The zero-order chi connectivity index (χ0) is 11.1. The number of hydrogen-bond acceptors (Lipinski definition) is 2. The standard InChI is InChI=1S/C13H20O2/c1-2-3-4-5-6-7-9-13(15)10-8-12(14)11-13/h6-8,10,15H,2-5,9,11H2,1H3/b7-6+. The van der Waals surface area contributed by atoms with Crippen molar-refractivity contribution in [2.24, 2.45) is 0 Å². The first-order chi connectivity index (χ1) is 7.16. The van der Waals surface area contributed by atoms with Gasteiger partial charge in [0, 0.05) is 6.42 Å². The summed E-state index contributed by atoms with van der Waals surface area (Å²) in [5.74, 6) is 0.0249. The van der Waals surface area contributed by atoms with Crippen molar-refractivity contribution in [2.75, 3.05) is 0 Å². The smallest absolute Gasteiger partial charge is 0.158 e. The van der Waals surface area contributed by atoms with Crippen molar-refractivity contribution >= 4 is 5.78 Å². The van der Waals surface area contributed by atoms with Crippen LogP contribution in [0.2, 0.25) is 0 Å². The molecule has 1 aliphatic carbocycles.